The summed E-state index contributed by atoms with van der Waals surface area (Å²) in [6.45, 7) is 1.65. The molecule has 1 aromatic heterocycles. The Morgan fingerprint density at radius 1 is 1.00 bits per heavy atom. The second-order valence-corrected chi connectivity index (χ2v) is 9.02. The highest BCUT2D eigenvalue weighted by Crippen LogP contribution is 2.60. The molecule has 11 heteroatoms. The first kappa shape index (κ1) is 21.0. The molecule has 182 valence electrons. The number of hydrogen-bond donors (Lipinski definition) is 3. The molecule has 3 N–H and O–H groups in total. The zero-order chi connectivity index (χ0) is 25.3. The maximum absolute atomic E-state index is 13.4. The molecule has 4 aliphatic rings. The number of methoxy groups -OCH3 is 1. The van der Waals surface area contributed by atoms with Gasteiger partial charge in [0.2, 0.25) is 5.78 Å². The predicted octanol–water partition coefficient (Wildman–Crippen LogP) is 1.77. The Morgan fingerprint density at radius 2 is 1.78 bits per heavy atom. The number of ketones is 2. The topological polar surface area (TPSA) is 165 Å². The molecule has 1 spiro atoms. The summed E-state index contributed by atoms with van der Waals surface area (Å²) in [4.78, 5) is 39.1. The monoisotopic (exact) mass is 492 g/mol. The molecule has 7 rings (SSSR count). The van der Waals surface area contributed by atoms with Crippen molar-refractivity contribution in [3.8, 4) is 23.0 Å². The molecule has 2 aromatic carbocycles. The molecule has 11 nitrogen and oxygen atoms in total. The van der Waals surface area contributed by atoms with E-state index < -0.39 is 75.2 Å². The van der Waals surface area contributed by atoms with Gasteiger partial charge in [-0.2, -0.15) is 0 Å². The smallest absolute Gasteiger partial charge is 0.343 e. The molecule has 1 fully saturated rings. The van der Waals surface area contributed by atoms with E-state index >= 15 is 0 Å². The van der Waals surface area contributed by atoms with Crippen molar-refractivity contribution in [3.05, 3.63) is 68.5 Å². The van der Waals surface area contributed by atoms with Crippen LogP contribution in [0.5, 0.6) is 23.0 Å². The maximum atomic E-state index is 13.4. The van der Waals surface area contributed by atoms with Gasteiger partial charge in [-0.05, 0) is 30.5 Å². The molecule has 1 saturated heterocycles. The number of allylic oxidation sites excluding steroid dienone is 1. The van der Waals surface area contributed by atoms with Crippen molar-refractivity contribution in [2.45, 2.75) is 31.0 Å². The number of aliphatic hydroxyl groups is 1. The van der Waals surface area contributed by atoms with E-state index in [1.807, 2.05) is 0 Å². The van der Waals surface area contributed by atoms with Crippen LogP contribution in [0.2, 0.25) is 0 Å². The van der Waals surface area contributed by atoms with E-state index in [0.29, 0.717) is 16.7 Å². The van der Waals surface area contributed by atoms with E-state index in [0.717, 1.165) is 6.07 Å². The predicted molar refractivity (Wildman–Crippen MR) is 117 cm³/mol. The number of aryl methyl sites for hydroxylation is 1. The fourth-order valence-electron chi connectivity index (χ4n) is 5.33. The molecule has 0 amide bonds. The van der Waals surface area contributed by atoms with Crippen molar-refractivity contribution in [1.29, 1.82) is 0 Å². The van der Waals surface area contributed by atoms with E-state index in [-0.39, 0.29) is 16.9 Å². The lowest BCUT2D eigenvalue weighted by Gasteiger charge is -2.35. The summed E-state index contributed by atoms with van der Waals surface area (Å²) in [5.74, 6) is -5.30. The molecule has 3 aromatic rings. The van der Waals surface area contributed by atoms with Crippen LogP contribution in [0.3, 0.4) is 0 Å². The van der Waals surface area contributed by atoms with Crippen molar-refractivity contribution in [2.75, 3.05) is 7.11 Å². The molecule has 3 aliphatic heterocycles. The van der Waals surface area contributed by atoms with Crippen molar-refractivity contribution < 1.29 is 48.3 Å². The molecule has 4 heterocycles. The first-order valence-corrected chi connectivity index (χ1v) is 10.9. The summed E-state index contributed by atoms with van der Waals surface area (Å²) in [6, 6.07) is 5.84. The Morgan fingerprint density at radius 3 is 2.53 bits per heavy atom. The molecule has 4 atom stereocenters. The van der Waals surface area contributed by atoms with E-state index in [2.05, 4.69) is 0 Å². The van der Waals surface area contributed by atoms with Crippen LogP contribution in [-0.4, -0.2) is 52.0 Å². The van der Waals surface area contributed by atoms with Crippen LogP contribution in [-0.2, 0) is 9.47 Å². The number of benzene rings is 2. The molecular weight excluding hydrogens is 476 g/mol. The summed E-state index contributed by atoms with van der Waals surface area (Å²) >= 11 is 0. The molecule has 1 aliphatic carbocycles. The lowest BCUT2D eigenvalue weighted by Crippen LogP contribution is -2.53. The molecule has 0 radical (unpaired) electrons. The van der Waals surface area contributed by atoms with Crippen molar-refractivity contribution >= 4 is 22.3 Å². The molecule has 0 saturated carbocycles. The minimum atomic E-state index is -2.01. The number of carbonyl (C=O) groups is 2. The highest BCUT2D eigenvalue weighted by atomic mass is 16.8. The SMILES string of the molecule is COc1cc(O)c2c(c1O)C(=O)C1=C(C2=O)[C@@H](O)[C@]2(O1)Oc1cc3c(=O)oc(C)cc3cc1[C@H]1O[C@H]12. The Bertz CT molecular complexity index is 1680. The highest BCUT2D eigenvalue weighted by molar-refractivity contribution is 6.29. The largest absolute Gasteiger partial charge is 0.507 e. The number of Topliss-reactive ketones (excluding diaryl/α,β-unsaturated/α-hetero) is 2. The number of phenolic OH excluding ortho intramolecular Hbond substituents is 2. The molecule has 36 heavy (non-hydrogen) atoms. The lowest BCUT2D eigenvalue weighted by atomic mass is 9.83. The van der Waals surface area contributed by atoms with Gasteiger partial charge in [-0.1, -0.05) is 0 Å². The number of ether oxygens (including phenoxy) is 4. The number of aromatic hydroxyl groups is 2. The molecular formula is C25H16O11. The number of rotatable bonds is 1. The minimum Gasteiger partial charge on any atom is -0.507 e. The van der Waals surface area contributed by atoms with Crippen LogP contribution in [0.15, 0.2) is 44.8 Å². The third-order valence-electron chi connectivity index (χ3n) is 7.01. The van der Waals surface area contributed by atoms with Crippen LogP contribution < -0.4 is 15.1 Å². The third-order valence-corrected chi connectivity index (χ3v) is 7.01. The fraction of sp³-hybridized carbons (Fsp3) is 0.240. The van der Waals surface area contributed by atoms with E-state index in [9.17, 15) is 29.7 Å². The number of phenols is 2. The summed E-state index contributed by atoms with van der Waals surface area (Å²) < 4.78 is 27.8. The van der Waals surface area contributed by atoms with Gasteiger partial charge in [0.15, 0.2) is 35.2 Å². The Kier molecular flexibility index (Phi) is 3.76. The van der Waals surface area contributed by atoms with Crippen LogP contribution in [0.4, 0.5) is 0 Å². The minimum absolute atomic E-state index is 0.154. The summed E-state index contributed by atoms with van der Waals surface area (Å²) in [5.41, 5.74) is -1.41. The van der Waals surface area contributed by atoms with Gasteiger partial charge in [-0.3, -0.25) is 9.59 Å². The van der Waals surface area contributed by atoms with Crippen LogP contribution in [0, 0.1) is 6.92 Å². The van der Waals surface area contributed by atoms with Gasteiger partial charge in [0.25, 0.3) is 0 Å². The van der Waals surface area contributed by atoms with Crippen LogP contribution in [0.1, 0.15) is 38.1 Å². The Balaban J connectivity index is 1.35. The van der Waals surface area contributed by atoms with Crippen molar-refractivity contribution in [3.63, 3.8) is 0 Å². The van der Waals surface area contributed by atoms with E-state index in [1.54, 1.807) is 19.1 Å². The number of fused-ring (bicyclic) bond motifs is 6. The Hall–Kier alpha value is -4.35. The average Bonchev–Trinajstić information content (AvgIpc) is 3.59. The van der Waals surface area contributed by atoms with Gasteiger partial charge in [0, 0.05) is 11.6 Å². The number of aliphatic hydroxyl groups excluding tert-OH is 1. The van der Waals surface area contributed by atoms with E-state index in [4.69, 9.17) is 23.4 Å². The number of epoxide rings is 1. The summed E-state index contributed by atoms with van der Waals surface area (Å²) in [7, 11) is 1.22. The van der Waals surface area contributed by atoms with Gasteiger partial charge in [-0.15, -0.1) is 0 Å². The van der Waals surface area contributed by atoms with Crippen molar-refractivity contribution in [1.82, 2.24) is 0 Å². The quantitative estimate of drug-likeness (QED) is 0.335. The zero-order valence-electron chi connectivity index (χ0n) is 18.6. The lowest BCUT2D eigenvalue weighted by molar-refractivity contribution is -0.199. The number of carbonyl (C=O) groups excluding carboxylic acids is 2. The van der Waals surface area contributed by atoms with E-state index in [1.165, 1.54) is 13.2 Å². The molecule has 0 bridgehead atoms. The summed E-state index contributed by atoms with van der Waals surface area (Å²) in [5, 5.41) is 33.1. The average molecular weight is 492 g/mol. The fourth-order valence-corrected chi connectivity index (χ4v) is 5.33. The van der Waals surface area contributed by atoms with Crippen LogP contribution in [0.25, 0.3) is 10.8 Å². The highest BCUT2D eigenvalue weighted by Gasteiger charge is 2.72. The first-order chi connectivity index (χ1) is 17.2. The summed E-state index contributed by atoms with van der Waals surface area (Å²) in [6.07, 6.45) is -3.27. The third kappa shape index (κ3) is 2.36. The number of hydrogen-bond acceptors (Lipinski definition) is 11. The van der Waals surface area contributed by atoms with Gasteiger partial charge in [0.1, 0.15) is 23.4 Å². The van der Waals surface area contributed by atoms with Gasteiger partial charge < -0.3 is 38.7 Å². The van der Waals surface area contributed by atoms with Gasteiger partial charge in [0.05, 0.1) is 29.2 Å². The van der Waals surface area contributed by atoms with Crippen molar-refractivity contribution in [2.24, 2.45) is 0 Å². The van der Waals surface area contributed by atoms with Gasteiger partial charge in [-0.25, -0.2) is 4.79 Å². The normalized spacial score (nSPS) is 27.2. The first-order valence-electron chi connectivity index (χ1n) is 10.9. The maximum Gasteiger partial charge on any atom is 0.343 e. The second kappa shape index (κ2) is 6.45. The van der Waals surface area contributed by atoms with Crippen LogP contribution >= 0.6 is 0 Å². The second-order valence-electron chi connectivity index (χ2n) is 9.02. The molecule has 0 unspecified atom stereocenters. The van der Waals surface area contributed by atoms with Gasteiger partial charge >= 0.3 is 11.4 Å². The Labute approximate surface area is 200 Å². The zero-order valence-corrected chi connectivity index (χ0v) is 18.6. The standard InChI is InChI=1S/C25H16O11/c1-7-3-8-4-10-12(5-9(8)24(31)33-7)35-25(23-20(10)34-23)22(30)16-18(28)14-11(26)6-13(32-2)17(27)15(14)19(29)21(16)36-25/h3-6,20,22-23,26-27,30H,1-2H3/t20-,22-,23-,25-/m1/s1.